The van der Waals surface area contributed by atoms with E-state index in [-0.39, 0.29) is 11.4 Å². The second-order valence-electron chi connectivity index (χ2n) is 5.35. The van der Waals surface area contributed by atoms with Gasteiger partial charge in [-0.2, -0.15) is 0 Å². The summed E-state index contributed by atoms with van der Waals surface area (Å²) in [6.45, 7) is 1.94. The normalized spacial score (nSPS) is 15.7. The third-order valence-electron chi connectivity index (χ3n) is 3.61. The van der Waals surface area contributed by atoms with E-state index < -0.39 is 5.97 Å². The lowest BCUT2D eigenvalue weighted by Gasteiger charge is -2.14. The van der Waals surface area contributed by atoms with Crippen molar-refractivity contribution in [1.82, 2.24) is 0 Å². The Hall–Kier alpha value is -1.49. The molecule has 0 aromatic heterocycles. The monoisotopic (exact) mass is 294 g/mol. The van der Waals surface area contributed by atoms with Crippen LogP contribution in [0.4, 0.5) is 0 Å². The van der Waals surface area contributed by atoms with E-state index in [0.29, 0.717) is 12.0 Å². The Morgan fingerprint density at radius 1 is 1.40 bits per heavy atom. The molecule has 0 amide bonds. The molecule has 0 bridgehead atoms. The van der Waals surface area contributed by atoms with E-state index in [1.165, 1.54) is 18.9 Å². The molecule has 1 fully saturated rings. The predicted octanol–water partition coefficient (Wildman–Crippen LogP) is 3.13. The highest BCUT2D eigenvalue weighted by atomic mass is 32.2. The van der Waals surface area contributed by atoms with E-state index >= 15 is 0 Å². The highest BCUT2D eigenvalue weighted by Gasteiger charge is 2.44. The third kappa shape index (κ3) is 3.54. The fourth-order valence-electron chi connectivity index (χ4n) is 2.08. The number of carbonyl (C=O) groups is 2. The molecular weight excluding hydrogens is 276 g/mol. The van der Waals surface area contributed by atoms with E-state index in [4.69, 9.17) is 4.74 Å². The Morgan fingerprint density at radius 2 is 2.10 bits per heavy atom. The molecule has 0 radical (unpaired) electrons. The number of ether oxygens (including phenoxy) is 1. The molecular formula is C15H18O4S. The minimum atomic E-state index is -0.912. The summed E-state index contributed by atoms with van der Waals surface area (Å²) in [5.74, 6) is -0.345. The van der Waals surface area contributed by atoms with Gasteiger partial charge in [0.2, 0.25) is 0 Å². The van der Waals surface area contributed by atoms with Gasteiger partial charge in [0.1, 0.15) is 0 Å². The smallest absolute Gasteiger partial charge is 0.336 e. The zero-order valence-corrected chi connectivity index (χ0v) is 12.5. The minimum Gasteiger partial charge on any atom is -0.478 e. The first-order valence-corrected chi connectivity index (χ1v) is 7.48. The van der Waals surface area contributed by atoms with Crippen LogP contribution in [0, 0.1) is 12.3 Å². The summed E-state index contributed by atoms with van der Waals surface area (Å²) in [4.78, 5) is 23.4. The largest absolute Gasteiger partial charge is 0.478 e. The summed E-state index contributed by atoms with van der Waals surface area (Å²) < 4.78 is 4.72. The Kier molecular flexibility index (Phi) is 4.38. The topological polar surface area (TPSA) is 63.6 Å². The number of rotatable bonds is 6. The third-order valence-corrected chi connectivity index (χ3v) is 5.01. The molecule has 0 heterocycles. The lowest BCUT2D eigenvalue weighted by atomic mass is 10.1. The zero-order chi connectivity index (χ0) is 14.8. The molecule has 1 aromatic rings. The van der Waals surface area contributed by atoms with Gasteiger partial charge in [-0.15, -0.1) is 11.8 Å². The number of carboxylic acids is 1. The molecule has 4 nitrogen and oxygen atoms in total. The lowest BCUT2D eigenvalue weighted by molar-refractivity contribution is -0.141. The molecule has 108 valence electrons. The van der Waals surface area contributed by atoms with Gasteiger partial charge in [0, 0.05) is 10.6 Å². The molecule has 1 aliphatic rings. The van der Waals surface area contributed by atoms with Crippen LogP contribution < -0.4 is 0 Å². The summed E-state index contributed by atoms with van der Waals surface area (Å²) in [6, 6.07) is 5.33. The Balaban J connectivity index is 2.06. The lowest BCUT2D eigenvalue weighted by Crippen LogP contribution is -2.13. The molecule has 0 unspecified atom stereocenters. The number of aryl methyl sites for hydroxylation is 1. The van der Waals surface area contributed by atoms with Crippen LogP contribution in [0.15, 0.2) is 23.1 Å². The van der Waals surface area contributed by atoms with Crippen LogP contribution in [-0.2, 0) is 9.53 Å². The van der Waals surface area contributed by atoms with Gasteiger partial charge in [-0.05, 0) is 42.9 Å². The fourth-order valence-corrected chi connectivity index (χ4v) is 3.52. The van der Waals surface area contributed by atoms with E-state index in [1.807, 2.05) is 13.0 Å². The van der Waals surface area contributed by atoms with Crippen LogP contribution in [0.25, 0.3) is 0 Å². The molecule has 1 saturated carbocycles. The van der Waals surface area contributed by atoms with Gasteiger partial charge in [0.25, 0.3) is 0 Å². The van der Waals surface area contributed by atoms with Gasteiger partial charge in [0.05, 0.1) is 19.1 Å². The average Bonchev–Trinajstić information content (AvgIpc) is 3.16. The summed E-state index contributed by atoms with van der Waals surface area (Å²) in [5, 5.41) is 9.20. The van der Waals surface area contributed by atoms with E-state index in [0.717, 1.165) is 29.1 Å². The predicted molar refractivity (Wildman–Crippen MR) is 77.2 cm³/mol. The number of aromatic carboxylic acids is 1. The first-order valence-electron chi connectivity index (χ1n) is 6.49. The number of carbonyl (C=O) groups excluding carboxylic acids is 1. The molecule has 0 saturated heterocycles. The average molecular weight is 294 g/mol. The number of carboxylic acid groups (broad SMARTS) is 1. The minimum absolute atomic E-state index is 0.00270. The van der Waals surface area contributed by atoms with E-state index in [2.05, 4.69) is 0 Å². The van der Waals surface area contributed by atoms with Gasteiger partial charge in [0.15, 0.2) is 0 Å². The highest BCUT2D eigenvalue weighted by Crippen LogP contribution is 2.52. The van der Waals surface area contributed by atoms with Crippen molar-refractivity contribution >= 4 is 23.7 Å². The Morgan fingerprint density at radius 3 is 2.65 bits per heavy atom. The van der Waals surface area contributed by atoms with Crippen molar-refractivity contribution in [1.29, 1.82) is 0 Å². The van der Waals surface area contributed by atoms with Gasteiger partial charge in [-0.1, -0.05) is 6.07 Å². The standard InChI is InChI=1S/C15H18O4S/c1-10-3-4-11(14(17)18)12(7-10)20-9-15(5-6-15)8-13(16)19-2/h3-4,7H,5-6,8-9H2,1-2H3,(H,17,18). The highest BCUT2D eigenvalue weighted by molar-refractivity contribution is 7.99. The Bertz CT molecular complexity index is 535. The number of methoxy groups -OCH3 is 1. The van der Waals surface area contributed by atoms with Crippen molar-refractivity contribution in [2.75, 3.05) is 12.9 Å². The van der Waals surface area contributed by atoms with Crippen LogP contribution in [-0.4, -0.2) is 29.9 Å². The number of hydrogen-bond donors (Lipinski definition) is 1. The van der Waals surface area contributed by atoms with Crippen LogP contribution in [0.1, 0.15) is 35.2 Å². The van der Waals surface area contributed by atoms with Crippen molar-refractivity contribution in [2.45, 2.75) is 31.1 Å². The first kappa shape index (κ1) is 14.9. The van der Waals surface area contributed by atoms with Crippen molar-refractivity contribution < 1.29 is 19.4 Å². The van der Waals surface area contributed by atoms with E-state index in [9.17, 15) is 14.7 Å². The van der Waals surface area contributed by atoms with Crippen LogP contribution >= 0.6 is 11.8 Å². The molecule has 1 aromatic carbocycles. The number of hydrogen-bond acceptors (Lipinski definition) is 4. The summed E-state index contributed by atoms with van der Waals surface area (Å²) in [7, 11) is 1.40. The van der Waals surface area contributed by atoms with Crippen LogP contribution in [0.3, 0.4) is 0 Å². The Labute approximate surface area is 122 Å². The molecule has 1 N–H and O–H groups in total. The SMILES string of the molecule is COC(=O)CC1(CSc2cc(C)ccc2C(=O)O)CC1. The van der Waals surface area contributed by atoms with Gasteiger partial charge in [-0.25, -0.2) is 4.79 Å². The summed E-state index contributed by atoms with van der Waals surface area (Å²) in [6.07, 6.45) is 2.43. The molecule has 5 heteroatoms. The molecule has 2 rings (SSSR count). The number of benzene rings is 1. The first-order chi connectivity index (χ1) is 9.46. The van der Waals surface area contributed by atoms with Crippen molar-refractivity contribution in [3.63, 3.8) is 0 Å². The second kappa shape index (κ2) is 5.87. The quantitative estimate of drug-likeness (QED) is 0.645. The van der Waals surface area contributed by atoms with Gasteiger partial charge >= 0.3 is 11.9 Å². The molecule has 1 aliphatic carbocycles. The van der Waals surface area contributed by atoms with Crippen molar-refractivity contribution in [3.05, 3.63) is 29.3 Å². The van der Waals surface area contributed by atoms with E-state index in [1.54, 1.807) is 12.1 Å². The van der Waals surface area contributed by atoms with Crippen molar-refractivity contribution in [3.8, 4) is 0 Å². The maximum absolute atomic E-state index is 11.4. The summed E-state index contributed by atoms with van der Waals surface area (Å²) in [5.41, 5.74) is 1.36. The fraction of sp³-hybridized carbons (Fsp3) is 0.467. The van der Waals surface area contributed by atoms with Gasteiger partial charge in [-0.3, -0.25) is 4.79 Å². The maximum Gasteiger partial charge on any atom is 0.336 e. The maximum atomic E-state index is 11.4. The number of esters is 1. The van der Waals surface area contributed by atoms with Gasteiger partial charge < -0.3 is 9.84 Å². The van der Waals surface area contributed by atoms with Crippen LogP contribution in [0.2, 0.25) is 0 Å². The summed E-state index contributed by atoms with van der Waals surface area (Å²) >= 11 is 1.52. The van der Waals surface area contributed by atoms with Crippen LogP contribution in [0.5, 0.6) is 0 Å². The molecule has 20 heavy (non-hydrogen) atoms. The van der Waals surface area contributed by atoms with Crippen molar-refractivity contribution in [2.24, 2.45) is 5.41 Å². The zero-order valence-electron chi connectivity index (χ0n) is 11.6. The second-order valence-corrected chi connectivity index (χ2v) is 6.36. The number of thioether (sulfide) groups is 1. The molecule has 0 atom stereocenters. The molecule has 0 spiro atoms. The molecule has 0 aliphatic heterocycles.